The number of hydrogen-bond acceptors (Lipinski definition) is 4. The minimum atomic E-state index is 1.26. The summed E-state index contributed by atoms with van der Waals surface area (Å²) in [6.45, 7) is 24.6. The van der Waals surface area contributed by atoms with Crippen molar-refractivity contribution in [3.8, 4) is 0 Å². The molecule has 1 saturated heterocycles. The summed E-state index contributed by atoms with van der Waals surface area (Å²) in [7, 11) is 0. The van der Waals surface area contributed by atoms with Gasteiger partial charge in [-0.05, 0) is 129 Å². The monoisotopic (exact) mass is 965 g/mol. The minimum Gasteiger partial charge on any atom is -0.302 e. The molecule has 0 aromatic rings. The first kappa shape index (κ1) is 66.1. The van der Waals surface area contributed by atoms with Gasteiger partial charge in [-0.1, -0.05) is 238 Å². The van der Waals surface area contributed by atoms with Gasteiger partial charge >= 0.3 is 0 Å². The summed E-state index contributed by atoms with van der Waals surface area (Å²) in [6.07, 6.45) is 74.7. The molecular formula is C65H128N4. The third-order valence-electron chi connectivity index (χ3n) is 15.4. The number of nitrogens with zero attached hydrogens (tertiary/aromatic N) is 4. The number of hydrogen-bond donors (Lipinski definition) is 0. The molecule has 1 aliphatic rings. The van der Waals surface area contributed by atoms with Crippen LogP contribution in [0.25, 0.3) is 0 Å². The van der Waals surface area contributed by atoms with E-state index in [0.717, 1.165) is 0 Å². The molecule has 1 heterocycles. The van der Waals surface area contributed by atoms with E-state index in [1.165, 1.54) is 355 Å². The summed E-state index contributed by atoms with van der Waals surface area (Å²) in [5.41, 5.74) is 0. The Labute approximate surface area is 436 Å². The summed E-state index contributed by atoms with van der Waals surface area (Å²) in [5.74, 6) is 0. The zero-order chi connectivity index (χ0) is 49.4. The lowest BCUT2D eigenvalue weighted by Crippen LogP contribution is -2.49. The van der Waals surface area contributed by atoms with Crippen LogP contribution in [-0.2, 0) is 0 Å². The SMILES string of the molecule is CCCCCCCC/C=C\CCCCCCCCN(CCCCCCCC/C=C\CCCCCCCC)CCN(CCCCCCCC/C=C\CCCCCCCC)CCN1CCN(CCC)CC1. The van der Waals surface area contributed by atoms with Crippen LogP contribution >= 0.6 is 0 Å². The van der Waals surface area contributed by atoms with E-state index in [1.54, 1.807) is 0 Å². The Balaban J connectivity index is 2.53. The molecule has 0 saturated carbocycles. The maximum Gasteiger partial charge on any atom is 0.0110 e. The standard InChI is InChI=1S/C65H128N4/c1-5-9-12-15-18-21-24-27-30-33-36-39-42-45-48-51-55-67(56-52-49-46-43-40-37-34-31-28-25-22-19-16-13-10-6-2)60-61-68(62-65-69-63-58-66(54-8-4)59-64-69)57-53-50-47-44-41-38-35-32-29-26-23-20-17-14-11-7-3/h27-32H,5-26,33-65H2,1-4H3/b30-27-,31-28-,32-29-. The minimum absolute atomic E-state index is 1.26. The van der Waals surface area contributed by atoms with Crippen LogP contribution < -0.4 is 0 Å². The van der Waals surface area contributed by atoms with E-state index in [1.807, 2.05) is 0 Å². The number of unbranched alkanes of at least 4 members (excludes halogenated alkanes) is 36. The van der Waals surface area contributed by atoms with E-state index < -0.39 is 0 Å². The van der Waals surface area contributed by atoms with Crippen molar-refractivity contribution in [3.05, 3.63) is 36.5 Å². The Morgan fingerprint density at radius 2 is 0.464 bits per heavy atom. The molecule has 0 spiro atoms. The van der Waals surface area contributed by atoms with Gasteiger partial charge in [0, 0.05) is 52.4 Å². The highest BCUT2D eigenvalue weighted by Crippen LogP contribution is 2.15. The Morgan fingerprint density at radius 3 is 0.739 bits per heavy atom. The molecule has 4 heteroatoms. The van der Waals surface area contributed by atoms with Crippen molar-refractivity contribution < 1.29 is 0 Å². The fourth-order valence-electron chi connectivity index (χ4n) is 10.5. The fraction of sp³-hybridized carbons (Fsp3) is 0.908. The van der Waals surface area contributed by atoms with Gasteiger partial charge in [-0.25, -0.2) is 0 Å². The lowest BCUT2D eigenvalue weighted by Gasteiger charge is -2.36. The van der Waals surface area contributed by atoms with Crippen molar-refractivity contribution in [2.75, 3.05) is 78.5 Å². The predicted octanol–water partition coefficient (Wildman–Crippen LogP) is 19.7. The molecule has 408 valence electrons. The van der Waals surface area contributed by atoms with Crippen LogP contribution in [0.2, 0.25) is 0 Å². The molecular weight excluding hydrogens is 837 g/mol. The molecule has 0 N–H and O–H groups in total. The van der Waals surface area contributed by atoms with Crippen LogP contribution in [0.15, 0.2) is 36.5 Å². The first-order valence-corrected chi connectivity index (χ1v) is 32.1. The van der Waals surface area contributed by atoms with Crippen LogP contribution in [0.4, 0.5) is 0 Å². The highest BCUT2D eigenvalue weighted by atomic mass is 15.3. The normalized spacial score (nSPS) is 14.2. The van der Waals surface area contributed by atoms with Crippen molar-refractivity contribution in [2.45, 2.75) is 304 Å². The summed E-state index contributed by atoms with van der Waals surface area (Å²) < 4.78 is 0. The molecule has 1 fully saturated rings. The van der Waals surface area contributed by atoms with Crippen molar-refractivity contribution in [1.82, 2.24) is 19.6 Å². The quantitative estimate of drug-likeness (QED) is 0.0445. The summed E-state index contributed by atoms with van der Waals surface area (Å²) in [6, 6.07) is 0. The Bertz CT molecular complexity index is 1000. The van der Waals surface area contributed by atoms with Crippen LogP contribution in [0.3, 0.4) is 0 Å². The van der Waals surface area contributed by atoms with E-state index in [4.69, 9.17) is 0 Å². The van der Waals surface area contributed by atoms with Gasteiger partial charge in [0.25, 0.3) is 0 Å². The molecule has 0 unspecified atom stereocenters. The van der Waals surface area contributed by atoms with Gasteiger partial charge in [0.2, 0.25) is 0 Å². The molecule has 0 aromatic heterocycles. The van der Waals surface area contributed by atoms with Gasteiger partial charge in [0.15, 0.2) is 0 Å². The summed E-state index contributed by atoms with van der Waals surface area (Å²) in [4.78, 5) is 11.3. The van der Waals surface area contributed by atoms with Crippen molar-refractivity contribution in [1.29, 1.82) is 0 Å². The second-order valence-electron chi connectivity index (χ2n) is 22.2. The van der Waals surface area contributed by atoms with E-state index in [2.05, 4.69) is 83.8 Å². The molecule has 0 radical (unpaired) electrons. The third-order valence-corrected chi connectivity index (χ3v) is 15.4. The van der Waals surface area contributed by atoms with E-state index in [9.17, 15) is 0 Å². The van der Waals surface area contributed by atoms with Crippen molar-refractivity contribution in [3.63, 3.8) is 0 Å². The lowest BCUT2D eigenvalue weighted by atomic mass is 10.1. The van der Waals surface area contributed by atoms with Gasteiger partial charge < -0.3 is 14.7 Å². The number of piperazine rings is 1. The topological polar surface area (TPSA) is 13.0 Å². The highest BCUT2D eigenvalue weighted by Gasteiger charge is 2.17. The molecule has 0 atom stereocenters. The Hall–Kier alpha value is -0.940. The van der Waals surface area contributed by atoms with Crippen LogP contribution in [0.5, 0.6) is 0 Å². The van der Waals surface area contributed by atoms with Gasteiger partial charge in [-0.2, -0.15) is 0 Å². The zero-order valence-corrected chi connectivity index (χ0v) is 48.1. The Morgan fingerprint density at radius 1 is 0.232 bits per heavy atom. The van der Waals surface area contributed by atoms with E-state index in [0.29, 0.717) is 0 Å². The first-order valence-electron chi connectivity index (χ1n) is 32.1. The van der Waals surface area contributed by atoms with Gasteiger partial charge in [-0.15, -0.1) is 0 Å². The second kappa shape index (κ2) is 56.4. The molecule has 1 rings (SSSR count). The molecule has 0 aromatic carbocycles. The van der Waals surface area contributed by atoms with Gasteiger partial charge in [0.05, 0.1) is 0 Å². The number of rotatable bonds is 56. The van der Waals surface area contributed by atoms with E-state index >= 15 is 0 Å². The molecule has 4 nitrogen and oxygen atoms in total. The summed E-state index contributed by atoms with van der Waals surface area (Å²) in [5, 5.41) is 0. The fourth-order valence-corrected chi connectivity index (χ4v) is 10.5. The van der Waals surface area contributed by atoms with Gasteiger partial charge in [0.1, 0.15) is 0 Å². The van der Waals surface area contributed by atoms with E-state index in [-0.39, 0.29) is 0 Å². The lowest BCUT2D eigenvalue weighted by molar-refractivity contribution is 0.114. The van der Waals surface area contributed by atoms with Crippen molar-refractivity contribution in [2.24, 2.45) is 0 Å². The Kier molecular flexibility index (Phi) is 54.0. The molecule has 69 heavy (non-hydrogen) atoms. The van der Waals surface area contributed by atoms with Crippen LogP contribution in [-0.4, -0.2) is 98.1 Å². The average molecular weight is 966 g/mol. The van der Waals surface area contributed by atoms with Gasteiger partial charge in [-0.3, -0.25) is 4.90 Å². The molecule has 0 amide bonds. The average Bonchev–Trinajstić information content (AvgIpc) is 3.36. The highest BCUT2D eigenvalue weighted by molar-refractivity contribution is 4.83. The maximum atomic E-state index is 2.90. The van der Waals surface area contributed by atoms with Crippen LogP contribution in [0, 0.1) is 0 Å². The smallest absolute Gasteiger partial charge is 0.0110 e. The molecule has 0 bridgehead atoms. The summed E-state index contributed by atoms with van der Waals surface area (Å²) >= 11 is 0. The maximum absolute atomic E-state index is 2.90. The molecule has 0 aliphatic carbocycles. The first-order chi connectivity index (χ1) is 34.2. The zero-order valence-electron chi connectivity index (χ0n) is 48.1. The van der Waals surface area contributed by atoms with Crippen molar-refractivity contribution >= 4 is 0 Å². The molecule has 1 aliphatic heterocycles. The third kappa shape index (κ3) is 49.1. The number of allylic oxidation sites excluding steroid dienone is 6. The van der Waals surface area contributed by atoms with Crippen LogP contribution in [0.1, 0.15) is 304 Å². The second-order valence-corrected chi connectivity index (χ2v) is 22.2. The predicted molar refractivity (Wildman–Crippen MR) is 314 cm³/mol. The largest absolute Gasteiger partial charge is 0.302 e.